The average molecular weight is 231 g/mol. The zero-order valence-electron chi connectivity index (χ0n) is 10.8. The number of aromatic nitrogens is 2. The molecule has 3 heteroatoms. The fourth-order valence-corrected chi connectivity index (χ4v) is 1.90. The molecule has 0 saturated heterocycles. The lowest BCUT2D eigenvalue weighted by Gasteiger charge is -2.04. The number of aryl methyl sites for hydroxylation is 1. The first-order chi connectivity index (χ1) is 8.06. The van der Waals surface area contributed by atoms with E-state index in [0.29, 0.717) is 5.92 Å². The predicted molar refractivity (Wildman–Crippen MR) is 72.2 cm³/mol. The van der Waals surface area contributed by atoms with Crippen LogP contribution in [0.5, 0.6) is 0 Å². The Kier molecular flexibility index (Phi) is 3.48. The Hall–Kier alpha value is -1.35. The van der Waals surface area contributed by atoms with Crippen molar-refractivity contribution in [1.29, 1.82) is 0 Å². The third-order valence-electron chi connectivity index (χ3n) is 3.00. The summed E-state index contributed by atoms with van der Waals surface area (Å²) in [4.78, 5) is 7.95. The van der Waals surface area contributed by atoms with Crippen molar-refractivity contribution in [3.05, 3.63) is 29.6 Å². The molecular formula is C14H21N3. The van der Waals surface area contributed by atoms with Crippen molar-refractivity contribution in [2.45, 2.75) is 45.6 Å². The van der Waals surface area contributed by atoms with Gasteiger partial charge in [0.15, 0.2) is 0 Å². The summed E-state index contributed by atoms with van der Waals surface area (Å²) in [5.41, 5.74) is 9.29. The van der Waals surface area contributed by atoms with Gasteiger partial charge in [0.25, 0.3) is 0 Å². The number of hydrogen-bond donors (Lipinski definition) is 2. The van der Waals surface area contributed by atoms with Gasteiger partial charge < -0.3 is 10.7 Å². The van der Waals surface area contributed by atoms with E-state index < -0.39 is 0 Å². The van der Waals surface area contributed by atoms with E-state index in [-0.39, 0.29) is 6.04 Å². The van der Waals surface area contributed by atoms with Crippen LogP contribution in [0.1, 0.15) is 44.5 Å². The Bertz CT molecular complexity index is 497. The van der Waals surface area contributed by atoms with Crippen LogP contribution >= 0.6 is 0 Å². The molecule has 0 aliphatic heterocycles. The molecule has 17 heavy (non-hydrogen) atoms. The van der Waals surface area contributed by atoms with Gasteiger partial charge in [0.05, 0.1) is 11.0 Å². The van der Waals surface area contributed by atoms with Crippen molar-refractivity contribution < 1.29 is 0 Å². The topological polar surface area (TPSA) is 54.7 Å². The van der Waals surface area contributed by atoms with Crippen molar-refractivity contribution >= 4 is 11.0 Å². The fraction of sp³-hybridized carbons (Fsp3) is 0.500. The maximum absolute atomic E-state index is 5.78. The summed E-state index contributed by atoms with van der Waals surface area (Å²) in [5.74, 6) is 1.50. The number of hydrogen-bond acceptors (Lipinski definition) is 2. The van der Waals surface area contributed by atoms with E-state index in [0.717, 1.165) is 29.7 Å². The third-order valence-corrected chi connectivity index (χ3v) is 3.00. The molecule has 1 heterocycles. The van der Waals surface area contributed by atoms with Crippen molar-refractivity contribution in [1.82, 2.24) is 9.97 Å². The van der Waals surface area contributed by atoms with E-state index in [4.69, 9.17) is 5.73 Å². The minimum atomic E-state index is 0.263. The van der Waals surface area contributed by atoms with Gasteiger partial charge >= 0.3 is 0 Å². The smallest absolute Gasteiger partial charge is 0.109 e. The van der Waals surface area contributed by atoms with Crippen LogP contribution in [0, 0.1) is 0 Å². The molecule has 2 aromatic rings. The molecule has 2 rings (SSSR count). The number of imidazole rings is 1. The Labute approximate surface area is 102 Å². The van der Waals surface area contributed by atoms with Gasteiger partial charge in [-0.2, -0.15) is 0 Å². The van der Waals surface area contributed by atoms with Crippen LogP contribution in [0.4, 0.5) is 0 Å². The molecule has 0 fully saturated rings. The predicted octanol–water partition coefficient (Wildman–Crippen LogP) is 2.97. The molecule has 3 N–H and O–H groups in total. The van der Waals surface area contributed by atoms with E-state index >= 15 is 0 Å². The molecule has 0 bridgehead atoms. The van der Waals surface area contributed by atoms with Crippen LogP contribution in [0.25, 0.3) is 11.0 Å². The summed E-state index contributed by atoms with van der Waals surface area (Å²) in [5, 5.41) is 0. The van der Waals surface area contributed by atoms with Crippen LogP contribution in [0.2, 0.25) is 0 Å². The van der Waals surface area contributed by atoms with Gasteiger partial charge in [-0.3, -0.25) is 0 Å². The number of H-pyrrole nitrogens is 1. The number of nitrogens with two attached hydrogens (primary N) is 1. The van der Waals surface area contributed by atoms with Gasteiger partial charge in [0.1, 0.15) is 5.82 Å². The van der Waals surface area contributed by atoms with Crippen molar-refractivity contribution in [2.24, 2.45) is 5.73 Å². The lowest BCUT2D eigenvalue weighted by molar-refractivity contribution is 0.666. The van der Waals surface area contributed by atoms with E-state index in [1.807, 2.05) is 6.92 Å². The number of rotatable bonds is 4. The van der Waals surface area contributed by atoms with Crippen molar-refractivity contribution in [3.8, 4) is 0 Å². The Balaban J connectivity index is 2.24. The molecule has 0 radical (unpaired) electrons. The summed E-state index contributed by atoms with van der Waals surface area (Å²) < 4.78 is 0. The summed E-state index contributed by atoms with van der Waals surface area (Å²) >= 11 is 0. The molecule has 1 aromatic carbocycles. The Morgan fingerprint density at radius 3 is 2.71 bits per heavy atom. The summed E-state index contributed by atoms with van der Waals surface area (Å²) in [6, 6.07) is 6.69. The summed E-state index contributed by atoms with van der Waals surface area (Å²) in [6.45, 7) is 6.34. The molecule has 0 amide bonds. The highest BCUT2D eigenvalue weighted by molar-refractivity contribution is 5.76. The number of nitrogens with one attached hydrogen (secondary N) is 1. The molecule has 1 unspecified atom stereocenters. The minimum Gasteiger partial charge on any atom is -0.342 e. The van der Waals surface area contributed by atoms with E-state index in [2.05, 4.69) is 42.0 Å². The molecular weight excluding hydrogens is 210 g/mol. The van der Waals surface area contributed by atoms with Crippen molar-refractivity contribution in [3.63, 3.8) is 0 Å². The van der Waals surface area contributed by atoms with Gasteiger partial charge in [0.2, 0.25) is 0 Å². The lowest BCUT2D eigenvalue weighted by atomic mass is 10.1. The molecule has 1 atom stereocenters. The molecule has 3 nitrogen and oxygen atoms in total. The van der Waals surface area contributed by atoms with Crippen LogP contribution in [-0.4, -0.2) is 16.0 Å². The normalized spacial score (nSPS) is 13.5. The average Bonchev–Trinajstić information content (AvgIpc) is 2.69. The minimum absolute atomic E-state index is 0.263. The maximum Gasteiger partial charge on any atom is 0.109 e. The number of benzene rings is 1. The molecule has 0 aliphatic carbocycles. The van der Waals surface area contributed by atoms with E-state index in [9.17, 15) is 0 Å². The highest BCUT2D eigenvalue weighted by atomic mass is 14.9. The second-order valence-corrected chi connectivity index (χ2v) is 5.14. The highest BCUT2D eigenvalue weighted by Crippen LogP contribution is 2.19. The molecule has 0 spiro atoms. The molecule has 0 aliphatic rings. The van der Waals surface area contributed by atoms with Crippen LogP contribution in [0.3, 0.4) is 0 Å². The second-order valence-electron chi connectivity index (χ2n) is 5.14. The van der Waals surface area contributed by atoms with Gasteiger partial charge in [0, 0.05) is 12.0 Å². The van der Waals surface area contributed by atoms with E-state index in [1.165, 1.54) is 5.56 Å². The second kappa shape index (κ2) is 4.88. The first-order valence-electron chi connectivity index (χ1n) is 6.30. The lowest BCUT2D eigenvalue weighted by Crippen LogP contribution is -2.15. The fourth-order valence-electron chi connectivity index (χ4n) is 1.90. The standard InChI is InChI=1S/C14H21N3/c1-9(2)14-16-12-7-6-11(5-4-10(3)15)8-13(12)17-14/h6-10H,4-5,15H2,1-3H3,(H,16,17). The van der Waals surface area contributed by atoms with Gasteiger partial charge in [-0.15, -0.1) is 0 Å². The first-order valence-corrected chi connectivity index (χ1v) is 6.30. The zero-order chi connectivity index (χ0) is 12.4. The van der Waals surface area contributed by atoms with Crippen molar-refractivity contribution in [2.75, 3.05) is 0 Å². The quantitative estimate of drug-likeness (QED) is 0.850. The SMILES string of the molecule is CC(N)CCc1ccc2nc(C(C)C)[nH]c2c1. The first kappa shape index (κ1) is 12.1. The number of aromatic amines is 1. The third kappa shape index (κ3) is 2.86. The van der Waals surface area contributed by atoms with Crippen LogP contribution < -0.4 is 5.73 Å². The van der Waals surface area contributed by atoms with Crippen LogP contribution in [0.15, 0.2) is 18.2 Å². The van der Waals surface area contributed by atoms with Gasteiger partial charge in [-0.05, 0) is 37.5 Å². The van der Waals surface area contributed by atoms with Crippen LogP contribution in [-0.2, 0) is 6.42 Å². The number of fused-ring (bicyclic) bond motifs is 1. The van der Waals surface area contributed by atoms with E-state index in [1.54, 1.807) is 0 Å². The maximum atomic E-state index is 5.78. The molecule has 92 valence electrons. The summed E-state index contributed by atoms with van der Waals surface area (Å²) in [6.07, 6.45) is 2.06. The monoisotopic (exact) mass is 231 g/mol. The Morgan fingerprint density at radius 1 is 1.29 bits per heavy atom. The Morgan fingerprint density at radius 2 is 2.06 bits per heavy atom. The molecule has 0 saturated carbocycles. The summed E-state index contributed by atoms with van der Waals surface area (Å²) in [7, 11) is 0. The number of nitrogens with zero attached hydrogens (tertiary/aromatic N) is 1. The van der Waals surface area contributed by atoms with Gasteiger partial charge in [-0.25, -0.2) is 4.98 Å². The zero-order valence-corrected chi connectivity index (χ0v) is 10.8. The highest BCUT2D eigenvalue weighted by Gasteiger charge is 2.07. The largest absolute Gasteiger partial charge is 0.342 e. The van der Waals surface area contributed by atoms with Gasteiger partial charge in [-0.1, -0.05) is 19.9 Å². The molecule has 1 aromatic heterocycles.